The van der Waals surface area contributed by atoms with Gasteiger partial charge >= 0.3 is 0 Å². The monoisotopic (exact) mass is 414 g/mol. The van der Waals surface area contributed by atoms with Crippen LogP contribution < -0.4 is 4.90 Å². The van der Waals surface area contributed by atoms with Crippen LogP contribution in [0.3, 0.4) is 0 Å². The van der Waals surface area contributed by atoms with Crippen molar-refractivity contribution in [3.63, 3.8) is 0 Å². The molecule has 2 aromatic carbocycles. The van der Waals surface area contributed by atoms with Crippen LogP contribution in [0.1, 0.15) is 25.3 Å². The molecule has 1 aromatic heterocycles. The summed E-state index contributed by atoms with van der Waals surface area (Å²) in [5, 5.41) is 1.36. The first-order valence-corrected chi connectivity index (χ1v) is 11.4. The summed E-state index contributed by atoms with van der Waals surface area (Å²) >= 11 is 6.26. The first kappa shape index (κ1) is 19.2. The smallest absolute Gasteiger partial charge is 0.210 e. The van der Waals surface area contributed by atoms with Crippen LogP contribution >= 0.6 is 11.6 Å². The highest BCUT2D eigenvalue weighted by Crippen LogP contribution is 2.38. The zero-order valence-electron chi connectivity index (χ0n) is 16.0. The van der Waals surface area contributed by atoms with Gasteiger partial charge in [0.05, 0.1) is 16.1 Å². The second-order valence-corrected chi connectivity index (χ2v) is 9.97. The Balaban J connectivity index is 1.95. The zero-order valence-corrected chi connectivity index (χ0v) is 17.6. The summed E-state index contributed by atoms with van der Waals surface area (Å²) in [6.07, 6.45) is 3.57. The number of benzene rings is 2. The van der Waals surface area contributed by atoms with Gasteiger partial charge in [0.25, 0.3) is 0 Å². The van der Waals surface area contributed by atoms with Crippen LogP contribution in [0.25, 0.3) is 10.9 Å². The highest BCUT2D eigenvalue weighted by molar-refractivity contribution is 7.91. The Morgan fingerprint density at radius 1 is 1.07 bits per heavy atom. The molecule has 0 spiro atoms. The van der Waals surface area contributed by atoms with E-state index in [0.29, 0.717) is 10.9 Å². The molecular weight excluding hydrogens is 392 g/mol. The Labute approximate surface area is 171 Å². The molecule has 3 aromatic rings. The summed E-state index contributed by atoms with van der Waals surface area (Å²) in [4.78, 5) is 7.16. The van der Waals surface area contributed by atoms with E-state index in [1.807, 2.05) is 31.2 Å². The van der Waals surface area contributed by atoms with Crippen LogP contribution in [-0.4, -0.2) is 26.5 Å². The molecule has 1 saturated heterocycles. The average molecular weight is 415 g/mol. The fourth-order valence-electron chi connectivity index (χ4n) is 3.73. The molecule has 0 unspecified atom stereocenters. The molecule has 0 bridgehead atoms. The maximum Gasteiger partial charge on any atom is 0.210 e. The molecule has 1 aliphatic rings. The van der Waals surface area contributed by atoms with Crippen LogP contribution in [-0.2, 0) is 9.84 Å². The molecule has 1 aliphatic heterocycles. The maximum absolute atomic E-state index is 13.5. The third kappa shape index (κ3) is 3.49. The molecule has 0 N–H and O–H groups in total. The van der Waals surface area contributed by atoms with Crippen molar-refractivity contribution in [1.82, 2.24) is 4.98 Å². The van der Waals surface area contributed by atoms with Crippen molar-refractivity contribution in [2.24, 2.45) is 5.92 Å². The Kier molecular flexibility index (Phi) is 5.06. The highest BCUT2D eigenvalue weighted by atomic mass is 35.5. The standard InChI is InChI=1S/C22H23ClN2O2S/c1-15-3-6-18(7-4-15)28(26,27)21-14-24-20-8-5-17(23)13-19(20)22(21)25-11-9-16(2)10-12-25/h3-8,13-14,16H,9-12H2,1-2H3. The number of hydrogen-bond acceptors (Lipinski definition) is 4. The van der Waals surface area contributed by atoms with Crippen molar-refractivity contribution in [1.29, 1.82) is 0 Å². The number of piperidine rings is 1. The van der Waals surface area contributed by atoms with Gasteiger partial charge in [0.1, 0.15) is 4.90 Å². The lowest BCUT2D eigenvalue weighted by molar-refractivity contribution is 0.437. The van der Waals surface area contributed by atoms with Gasteiger partial charge in [-0.3, -0.25) is 4.98 Å². The predicted molar refractivity (Wildman–Crippen MR) is 114 cm³/mol. The second kappa shape index (κ2) is 7.37. The fraction of sp³-hybridized carbons (Fsp3) is 0.318. The molecule has 4 nitrogen and oxygen atoms in total. The van der Waals surface area contributed by atoms with Gasteiger partial charge in [0.2, 0.25) is 9.84 Å². The molecule has 28 heavy (non-hydrogen) atoms. The van der Waals surface area contributed by atoms with E-state index in [9.17, 15) is 8.42 Å². The van der Waals surface area contributed by atoms with E-state index in [-0.39, 0.29) is 9.79 Å². The number of anilines is 1. The zero-order chi connectivity index (χ0) is 19.9. The van der Waals surface area contributed by atoms with Crippen molar-refractivity contribution in [3.8, 4) is 0 Å². The van der Waals surface area contributed by atoms with E-state index in [1.54, 1.807) is 18.2 Å². The number of pyridine rings is 1. The van der Waals surface area contributed by atoms with Crippen molar-refractivity contribution in [2.45, 2.75) is 36.5 Å². The summed E-state index contributed by atoms with van der Waals surface area (Å²) < 4.78 is 27.0. The molecule has 146 valence electrons. The number of sulfone groups is 1. The van der Waals surface area contributed by atoms with Crippen molar-refractivity contribution in [3.05, 3.63) is 59.2 Å². The predicted octanol–water partition coefficient (Wildman–Crippen LogP) is 5.27. The van der Waals surface area contributed by atoms with Crippen LogP contribution in [0.15, 0.2) is 58.5 Å². The molecular formula is C22H23ClN2O2S. The first-order valence-electron chi connectivity index (χ1n) is 9.51. The quantitative estimate of drug-likeness (QED) is 0.586. The van der Waals surface area contributed by atoms with Crippen LogP contribution in [0, 0.1) is 12.8 Å². The Bertz CT molecular complexity index is 1120. The first-order chi connectivity index (χ1) is 13.4. The molecule has 0 radical (unpaired) electrons. The van der Waals surface area contributed by atoms with E-state index in [0.717, 1.165) is 48.1 Å². The summed E-state index contributed by atoms with van der Waals surface area (Å²) in [6, 6.07) is 12.4. The van der Waals surface area contributed by atoms with E-state index >= 15 is 0 Å². The third-order valence-electron chi connectivity index (χ3n) is 5.49. The maximum atomic E-state index is 13.5. The Morgan fingerprint density at radius 3 is 2.43 bits per heavy atom. The topological polar surface area (TPSA) is 50.3 Å². The van der Waals surface area contributed by atoms with Gasteiger partial charge in [-0.25, -0.2) is 8.42 Å². The van der Waals surface area contributed by atoms with Crippen molar-refractivity contribution >= 4 is 38.0 Å². The van der Waals surface area contributed by atoms with Crippen molar-refractivity contribution < 1.29 is 8.42 Å². The summed E-state index contributed by atoms with van der Waals surface area (Å²) in [7, 11) is -3.70. The van der Waals surface area contributed by atoms with E-state index in [1.165, 1.54) is 6.20 Å². The van der Waals surface area contributed by atoms with Gasteiger partial charge in [-0.15, -0.1) is 0 Å². The fourth-order valence-corrected chi connectivity index (χ4v) is 5.34. The number of fused-ring (bicyclic) bond motifs is 1. The lowest BCUT2D eigenvalue weighted by atomic mass is 9.98. The average Bonchev–Trinajstić information content (AvgIpc) is 2.68. The van der Waals surface area contributed by atoms with E-state index in [2.05, 4.69) is 16.8 Å². The largest absolute Gasteiger partial charge is 0.370 e. The molecule has 1 fully saturated rings. The minimum absolute atomic E-state index is 0.251. The third-order valence-corrected chi connectivity index (χ3v) is 7.49. The SMILES string of the molecule is Cc1ccc(S(=O)(=O)c2cnc3ccc(Cl)cc3c2N2CCC(C)CC2)cc1. The molecule has 0 atom stereocenters. The van der Waals surface area contributed by atoms with Gasteiger partial charge in [-0.1, -0.05) is 36.2 Å². The lowest BCUT2D eigenvalue weighted by Crippen LogP contribution is -2.34. The number of hydrogen-bond donors (Lipinski definition) is 0. The number of halogens is 1. The minimum Gasteiger partial charge on any atom is -0.370 e. The normalized spacial score (nSPS) is 15.9. The number of nitrogens with zero attached hydrogens (tertiary/aromatic N) is 2. The Hall–Kier alpha value is -2.11. The molecule has 6 heteroatoms. The van der Waals surface area contributed by atoms with Gasteiger partial charge in [0, 0.05) is 29.7 Å². The van der Waals surface area contributed by atoms with Crippen LogP contribution in [0.4, 0.5) is 5.69 Å². The van der Waals surface area contributed by atoms with Crippen LogP contribution in [0.2, 0.25) is 5.02 Å². The molecule has 0 amide bonds. The van der Waals surface area contributed by atoms with Crippen molar-refractivity contribution in [2.75, 3.05) is 18.0 Å². The second-order valence-electron chi connectivity index (χ2n) is 7.62. The summed E-state index contributed by atoms with van der Waals surface area (Å²) in [5.74, 6) is 0.644. The minimum atomic E-state index is -3.70. The number of aryl methyl sites for hydroxylation is 1. The van der Waals surface area contributed by atoms with Gasteiger partial charge < -0.3 is 4.90 Å². The molecule has 4 rings (SSSR count). The van der Waals surface area contributed by atoms with E-state index in [4.69, 9.17) is 11.6 Å². The molecule has 0 aliphatic carbocycles. The Morgan fingerprint density at radius 2 is 1.75 bits per heavy atom. The number of rotatable bonds is 3. The highest BCUT2D eigenvalue weighted by Gasteiger charge is 2.28. The van der Waals surface area contributed by atoms with Gasteiger partial charge in [-0.05, 0) is 56.0 Å². The van der Waals surface area contributed by atoms with E-state index < -0.39 is 9.84 Å². The molecule has 2 heterocycles. The van der Waals surface area contributed by atoms with Crippen LogP contribution in [0.5, 0.6) is 0 Å². The number of aromatic nitrogens is 1. The van der Waals surface area contributed by atoms with Gasteiger partial charge in [-0.2, -0.15) is 0 Å². The summed E-state index contributed by atoms with van der Waals surface area (Å²) in [5.41, 5.74) is 2.49. The summed E-state index contributed by atoms with van der Waals surface area (Å²) in [6.45, 7) is 5.82. The van der Waals surface area contributed by atoms with Gasteiger partial charge in [0.15, 0.2) is 0 Å². The lowest BCUT2D eigenvalue weighted by Gasteiger charge is -2.34. The molecule has 0 saturated carbocycles.